The average Bonchev–Trinajstić information content (AvgIpc) is 1.81. The fourth-order valence-electron chi connectivity index (χ4n) is 0.182. The molecule has 0 aromatic carbocycles. The molecule has 0 unspecified atom stereocenters. The van der Waals surface area contributed by atoms with Gasteiger partial charge in [-0.05, 0) is 6.72 Å². The van der Waals surface area contributed by atoms with E-state index in [1.807, 2.05) is 0 Å². The monoisotopic (exact) mass is 112 g/mol. The van der Waals surface area contributed by atoms with Gasteiger partial charge >= 0.3 is 0 Å². The molecule has 0 aliphatic carbocycles. The molecule has 0 heterocycles. The maximum Gasteiger partial charge on any atom is 0.0754 e. The van der Waals surface area contributed by atoms with Gasteiger partial charge in [0.25, 0.3) is 0 Å². The average molecular weight is 112 g/mol. The molecule has 44 valence electrons. The van der Waals surface area contributed by atoms with Gasteiger partial charge in [-0.25, -0.2) is 0 Å². The van der Waals surface area contributed by atoms with Crippen molar-refractivity contribution in [2.45, 2.75) is 0 Å². The van der Waals surface area contributed by atoms with Gasteiger partial charge in [0, 0.05) is 0 Å². The van der Waals surface area contributed by atoms with Crippen LogP contribution in [0.4, 0.5) is 0 Å². The number of hydrogen-bond donors (Lipinski definition) is 0. The second kappa shape index (κ2) is 5.94. The Morgan fingerprint density at radius 2 is 2.38 bits per heavy atom. The van der Waals surface area contributed by atoms with Gasteiger partial charge in [-0.15, -0.1) is 5.10 Å². The van der Waals surface area contributed by atoms with Crippen LogP contribution in [0.15, 0.2) is 20.4 Å². The zero-order chi connectivity index (χ0) is 6.24. The number of hydrogen-bond acceptors (Lipinski definition) is 3. The van der Waals surface area contributed by atoms with Gasteiger partial charge in [0.05, 0.1) is 19.8 Å². The summed E-state index contributed by atoms with van der Waals surface area (Å²) in [7, 11) is 1.55. The summed E-state index contributed by atoms with van der Waals surface area (Å²) in [6.45, 7) is 3.74. The highest BCUT2D eigenvalue weighted by Crippen LogP contribution is 1.69. The highest BCUT2D eigenvalue weighted by Gasteiger charge is 1.63. The predicted molar refractivity (Wildman–Crippen MR) is 33.7 cm³/mol. The van der Waals surface area contributed by atoms with Crippen molar-refractivity contribution in [1.29, 1.82) is 0 Å². The van der Waals surface area contributed by atoms with E-state index in [1.54, 1.807) is 7.05 Å². The van der Waals surface area contributed by atoms with Crippen molar-refractivity contribution in [3.05, 3.63) is 0 Å². The Morgan fingerprint density at radius 1 is 1.62 bits per heavy atom. The summed E-state index contributed by atoms with van der Waals surface area (Å²) >= 11 is 0. The van der Waals surface area contributed by atoms with Crippen LogP contribution in [0, 0.1) is 0 Å². The molecule has 0 saturated carbocycles. The Bertz CT molecular complexity index is 105. The van der Waals surface area contributed by atoms with E-state index in [-0.39, 0.29) is 0 Å². The maximum absolute atomic E-state index is 3.51. The predicted octanol–water partition coefficient (Wildman–Crippen LogP) is 0.755. The lowest BCUT2D eigenvalue weighted by atomic mass is 10.7. The lowest BCUT2D eigenvalue weighted by Gasteiger charge is -1.72. The minimum atomic E-state index is 0.499. The first kappa shape index (κ1) is 6.94. The van der Waals surface area contributed by atoms with Gasteiger partial charge in [-0.2, -0.15) is 5.11 Å². The first-order valence-electron chi connectivity index (χ1n) is 2.15. The van der Waals surface area contributed by atoms with Crippen LogP contribution in [0.2, 0.25) is 0 Å². The zero-order valence-corrected chi connectivity index (χ0v) is 4.78. The van der Waals surface area contributed by atoms with Crippen molar-refractivity contribution in [2.24, 2.45) is 20.4 Å². The molecule has 0 bridgehead atoms. The third-order valence-corrected chi connectivity index (χ3v) is 0.433. The lowest BCUT2D eigenvalue weighted by molar-refractivity contribution is 1.02. The fraction of sp³-hybridized carbons (Fsp3) is 0.500. The Labute approximate surface area is 48.0 Å². The standard InChI is InChI=1S/C4H8N4/c1-5-3-4-7-8-6-2/h4H,1,3H2,2H3/b7-4+,8-6?. The van der Waals surface area contributed by atoms with Crippen LogP contribution in [-0.2, 0) is 0 Å². The lowest BCUT2D eigenvalue weighted by Crippen LogP contribution is -1.75. The summed E-state index contributed by atoms with van der Waals surface area (Å²) in [6.07, 6.45) is 1.53. The molecule has 0 aromatic heterocycles. The summed E-state index contributed by atoms with van der Waals surface area (Å²) in [4.78, 5) is 3.51. The van der Waals surface area contributed by atoms with E-state index in [2.05, 4.69) is 27.1 Å². The minimum Gasteiger partial charge on any atom is -0.295 e. The Balaban J connectivity index is 3.19. The van der Waals surface area contributed by atoms with Gasteiger partial charge in [0.1, 0.15) is 0 Å². The molecule has 0 fully saturated rings. The summed E-state index contributed by atoms with van der Waals surface area (Å²) in [5.74, 6) is 0. The van der Waals surface area contributed by atoms with Crippen LogP contribution in [0.1, 0.15) is 0 Å². The van der Waals surface area contributed by atoms with Crippen LogP contribution in [0.3, 0.4) is 0 Å². The van der Waals surface area contributed by atoms with E-state index in [0.717, 1.165) is 0 Å². The molecule has 0 aliphatic heterocycles. The zero-order valence-electron chi connectivity index (χ0n) is 4.78. The van der Waals surface area contributed by atoms with Crippen molar-refractivity contribution in [2.75, 3.05) is 13.6 Å². The molecule has 0 atom stereocenters. The molecule has 0 aromatic rings. The van der Waals surface area contributed by atoms with E-state index >= 15 is 0 Å². The van der Waals surface area contributed by atoms with E-state index in [0.29, 0.717) is 6.54 Å². The summed E-state index contributed by atoms with van der Waals surface area (Å²) in [5.41, 5.74) is 0. The van der Waals surface area contributed by atoms with Crippen LogP contribution in [-0.4, -0.2) is 26.5 Å². The van der Waals surface area contributed by atoms with Crippen molar-refractivity contribution in [3.8, 4) is 0 Å². The molecule has 4 heteroatoms. The van der Waals surface area contributed by atoms with Crippen LogP contribution in [0.5, 0.6) is 0 Å². The largest absolute Gasteiger partial charge is 0.295 e. The van der Waals surface area contributed by atoms with Gasteiger partial charge < -0.3 is 0 Å². The summed E-state index contributed by atoms with van der Waals surface area (Å²) in [5, 5.41) is 10.2. The molecule has 0 saturated heterocycles. The Morgan fingerprint density at radius 3 is 2.88 bits per heavy atom. The van der Waals surface area contributed by atoms with Crippen LogP contribution in [0.25, 0.3) is 0 Å². The van der Waals surface area contributed by atoms with E-state index in [4.69, 9.17) is 0 Å². The first-order chi connectivity index (χ1) is 3.91. The molecule has 0 N–H and O–H groups in total. The second-order valence-electron chi connectivity index (χ2n) is 0.994. The highest BCUT2D eigenvalue weighted by atomic mass is 15.3. The molecule has 8 heavy (non-hydrogen) atoms. The second-order valence-corrected chi connectivity index (χ2v) is 0.994. The third-order valence-electron chi connectivity index (χ3n) is 0.433. The highest BCUT2D eigenvalue weighted by molar-refractivity contribution is 5.60. The van der Waals surface area contributed by atoms with Gasteiger partial charge in [-0.1, -0.05) is 5.22 Å². The van der Waals surface area contributed by atoms with Crippen molar-refractivity contribution < 1.29 is 0 Å². The first-order valence-corrected chi connectivity index (χ1v) is 2.15. The summed E-state index contributed by atoms with van der Waals surface area (Å²) < 4.78 is 0. The molecule has 4 nitrogen and oxygen atoms in total. The third kappa shape index (κ3) is 4.94. The molecular weight excluding hydrogens is 104 g/mol. The van der Waals surface area contributed by atoms with Gasteiger partial charge in [0.15, 0.2) is 0 Å². The SMILES string of the molecule is C=NC/C=N/N=NC. The van der Waals surface area contributed by atoms with Gasteiger partial charge in [0.2, 0.25) is 0 Å². The van der Waals surface area contributed by atoms with Crippen molar-refractivity contribution in [3.63, 3.8) is 0 Å². The van der Waals surface area contributed by atoms with E-state index in [1.165, 1.54) is 6.21 Å². The van der Waals surface area contributed by atoms with Crippen molar-refractivity contribution in [1.82, 2.24) is 0 Å². The van der Waals surface area contributed by atoms with E-state index < -0.39 is 0 Å². The molecule has 0 aliphatic rings. The molecule has 0 spiro atoms. The van der Waals surface area contributed by atoms with Crippen LogP contribution >= 0.6 is 0 Å². The Hall–Kier alpha value is -1.06. The fourth-order valence-corrected chi connectivity index (χ4v) is 0.182. The van der Waals surface area contributed by atoms with Crippen LogP contribution < -0.4 is 0 Å². The smallest absolute Gasteiger partial charge is 0.0754 e. The normalized spacial score (nSPS) is 11.1. The number of rotatable bonds is 3. The molecular formula is C4H8N4. The maximum atomic E-state index is 3.51. The Kier molecular flexibility index (Phi) is 5.15. The molecule has 0 radical (unpaired) electrons. The minimum absolute atomic E-state index is 0.499. The van der Waals surface area contributed by atoms with E-state index in [9.17, 15) is 0 Å². The number of nitrogens with zero attached hydrogens (tertiary/aromatic N) is 4. The van der Waals surface area contributed by atoms with Crippen molar-refractivity contribution >= 4 is 12.9 Å². The topological polar surface area (TPSA) is 49.4 Å². The van der Waals surface area contributed by atoms with Gasteiger partial charge in [-0.3, -0.25) is 4.99 Å². The number of aliphatic imine (C=N–C) groups is 1. The molecule has 0 amide bonds. The molecule has 0 rings (SSSR count). The summed E-state index contributed by atoms with van der Waals surface area (Å²) in [6, 6.07) is 0. The quantitative estimate of drug-likeness (QED) is 0.294.